The second-order valence-corrected chi connectivity index (χ2v) is 4.17. The molecule has 0 atom stereocenters. The molecule has 0 aromatic carbocycles. The zero-order chi connectivity index (χ0) is 10.9. The van der Waals surface area contributed by atoms with Crippen LogP contribution in [0.2, 0.25) is 0 Å². The van der Waals surface area contributed by atoms with Crippen molar-refractivity contribution in [3.8, 4) is 0 Å². The Morgan fingerprint density at radius 3 is 2.33 bits per heavy atom. The minimum atomic E-state index is 0.239. The van der Waals surface area contributed by atoms with Gasteiger partial charge in [-0.3, -0.25) is 4.90 Å². The first-order valence-corrected chi connectivity index (χ1v) is 6.05. The Kier molecular flexibility index (Phi) is 6.92. The number of piperidine rings is 1. The number of unbranched alkanes of at least 4 members (excludes halogenated alkanes) is 1. The summed E-state index contributed by atoms with van der Waals surface area (Å²) in [7, 11) is 0. The molecule has 0 saturated carbocycles. The van der Waals surface area contributed by atoms with Gasteiger partial charge in [0, 0.05) is 19.2 Å². The second-order valence-electron chi connectivity index (χ2n) is 4.17. The first kappa shape index (κ1) is 12.9. The minimum absolute atomic E-state index is 0.239. The Balaban J connectivity index is 2.26. The van der Waals surface area contributed by atoms with E-state index in [0.717, 1.165) is 39.0 Å². The normalized spacial score (nSPS) is 18.6. The average molecular weight is 216 g/mol. The van der Waals surface area contributed by atoms with Gasteiger partial charge in [0.1, 0.15) is 0 Å². The molecule has 1 aliphatic rings. The molecule has 0 amide bonds. The van der Waals surface area contributed by atoms with Crippen molar-refractivity contribution in [3.63, 3.8) is 0 Å². The van der Waals surface area contributed by atoms with E-state index >= 15 is 0 Å². The largest absolute Gasteiger partial charge is 0.396 e. The van der Waals surface area contributed by atoms with Crippen molar-refractivity contribution >= 4 is 0 Å². The Morgan fingerprint density at radius 2 is 1.73 bits per heavy atom. The molecule has 0 radical (unpaired) electrons. The maximum absolute atomic E-state index is 9.02. The molecule has 1 fully saturated rings. The zero-order valence-corrected chi connectivity index (χ0v) is 9.49. The van der Waals surface area contributed by atoms with Crippen LogP contribution in [0.5, 0.6) is 0 Å². The quantitative estimate of drug-likeness (QED) is 0.516. The fourth-order valence-corrected chi connectivity index (χ4v) is 2.20. The van der Waals surface area contributed by atoms with Crippen molar-refractivity contribution < 1.29 is 10.2 Å². The van der Waals surface area contributed by atoms with Crippen LogP contribution in [0.1, 0.15) is 25.7 Å². The van der Waals surface area contributed by atoms with Crippen LogP contribution in [0.25, 0.3) is 0 Å². The molecule has 1 rings (SSSR count). The third kappa shape index (κ3) is 4.93. The second kappa shape index (κ2) is 8.05. The Labute approximate surface area is 92.3 Å². The van der Waals surface area contributed by atoms with E-state index < -0.39 is 0 Å². The molecule has 4 nitrogen and oxygen atoms in total. The van der Waals surface area contributed by atoms with Gasteiger partial charge in [0.2, 0.25) is 0 Å². The van der Waals surface area contributed by atoms with Crippen molar-refractivity contribution in [1.29, 1.82) is 0 Å². The summed E-state index contributed by atoms with van der Waals surface area (Å²) in [5, 5.41) is 21.1. The fraction of sp³-hybridized carbons (Fsp3) is 1.00. The van der Waals surface area contributed by atoms with Crippen LogP contribution in [-0.2, 0) is 0 Å². The SMILES string of the molecule is OCCCCN(CCO)C1CCNCC1. The summed E-state index contributed by atoms with van der Waals surface area (Å²) in [4.78, 5) is 2.37. The highest BCUT2D eigenvalue weighted by Crippen LogP contribution is 2.12. The first-order chi connectivity index (χ1) is 7.38. The van der Waals surface area contributed by atoms with Gasteiger partial charge in [-0.25, -0.2) is 0 Å². The molecule has 0 spiro atoms. The standard InChI is InChI=1S/C11H24N2O2/c14-9-2-1-7-13(8-10-15)11-3-5-12-6-4-11/h11-12,14-15H,1-10H2. The third-order valence-electron chi connectivity index (χ3n) is 3.07. The number of hydrogen-bond donors (Lipinski definition) is 3. The lowest BCUT2D eigenvalue weighted by Gasteiger charge is -2.34. The summed E-state index contributed by atoms with van der Waals surface area (Å²) < 4.78 is 0. The molecule has 4 heteroatoms. The molecule has 0 aromatic heterocycles. The van der Waals surface area contributed by atoms with Crippen molar-refractivity contribution in [3.05, 3.63) is 0 Å². The molecule has 1 aliphatic heterocycles. The summed E-state index contributed by atoms with van der Waals surface area (Å²) in [5.74, 6) is 0. The van der Waals surface area contributed by atoms with Crippen LogP contribution in [0, 0.1) is 0 Å². The van der Waals surface area contributed by atoms with Crippen molar-refractivity contribution in [2.24, 2.45) is 0 Å². The summed E-state index contributed by atoms with van der Waals surface area (Å²) in [6.45, 7) is 4.48. The molecule has 15 heavy (non-hydrogen) atoms. The third-order valence-corrected chi connectivity index (χ3v) is 3.07. The Bertz CT molecular complexity index is 150. The van der Waals surface area contributed by atoms with E-state index in [1.807, 2.05) is 0 Å². The molecular formula is C11H24N2O2. The van der Waals surface area contributed by atoms with E-state index in [-0.39, 0.29) is 13.2 Å². The predicted molar refractivity (Wildman–Crippen MR) is 60.9 cm³/mol. The lowest BCUT2D eigenvalue weighted by molar-refractivity contribution is 0.123. The maximum atomic E-state index is 9.02. The van der Waals surface area contributed by atoms with Gasteiger partial charge in [-0.2, -0.15) is 0 Å². The zero-order valence-electron chi connectivity index (χ0n) is 9.49. The average Bonchev–Trinajstić information content (AvgIpc) is 2.29. The highest BCUT2D eigenvalue weighted by Gasteiger charge is 2.19. The molecular weight excluding hydrogens is 192 g/mol. The lowest BCUT2D eigenvalue weighted by atomic mass is 10.0. The van der Waals surface area contributed by atoms with Crippen LogP contribution in [0.3, 0.4) is 0 Å². The van der Waals surface area contributed by atoms with E-state index in [4.69, 9.17) is 10.2 Å². The summed E-state index contributed by atoms with van der Waals surface area (Å²) >= 11 is 0. The van der Waals surface area contributed by atoms with E-state index in [1.165, 1.54) is 12.8 Å². The topological polar surface area (TPSA) is 55.7 Å². The molecule has 0 unspecified atom stereocenters. The number of aliphatic hydroxyl groups is 2. The van der Waals surface area contributed by atoms with Gasteiger partial charge in [0.15, 0.2) is 0 Å². The van der Waals surface area contributed by atoms with Crippen LogP contribution in [-0.4, -0.2) is 60.5 Å². The van der Waals surface area contributed by atoms with Gasteiger partial charge in [-0.1, -0.05) is 0 Å². The first-order valence-electron chi connectivity index (χ1n) is 6.05. The fourth-order valence-electron chi connectivity index (χ4n) is 2.20. The van der Waals surface area contributed by atoms with Gasteiger partial charge >= 0.3 is 0 Å². The van der Waals surface area contributed by atoms with Gasteiger partial charge in [-0.15, -0.1) is 0 Å². The molecule has 1 heterocycles. The van der Waals surface area contributed by atoms with Gasteiger partial charge < -0.3 is 15.5 Å². The highest BCUT2D eigenvalue weighted by molar-refractivity contribution is 4.77. The van der Waals surface area contributed by atoms with Crippen LogP contribution in [0.4, 0.5) is 0 Å². The van der Waals surface area contributed by atoms with E-state index in [1.54, 1.807) is 0 Å². The van der Waals surface area contributed by atoms with Crippen molar-refractivity contribution in [2.75, 3.05) is 39.4 Å². The minimum Gasteiger partial charge on any atom is -0.396 e. The summed E-state index contributed by atoms with van der Waals surface area (Å²) in [6, 6.07) is 0.622. The number of nitrogens with zero attached hydrogens (tertiary/aromatic N) is 1. The van der Waals surface area contributed by atoms with Crippen LogP contribution in [0.15, 0.2) is 0 Å². The Hall–Kier alpha value is -0.160. The maximum Gasteiger partial charge on any atom is 0.0558 e. The molecule has 90 valence electrons. The highest BCUT2D eigenvalue weighted by atomic mass is 16.3. The smallest absolute Gasteiger partial charge is 0.0558 e. The number of hydrogen-bond acceptors (Lipinski definition) is 4. The number of nitrogens with one attached hydrogen (secondary N) is 1. The van der Waals surface area contributed by atoms with Gasteiger partial charge in [0.25, 0.3) is 0 Å². The number of rotatable bonds is 7. The predicted octanol–water partition coefficient (Wildman–Crippen LogP) is -0.195. The molecule has 3 N–H and O–H groups in total. The number of aliphatic hydroxyl groups excluding tert-OH is 2. The summed E-state index contributed by atoms with van der Waals surface area (Å²) in [6.07, 6.45) is 4.26. The molecule has 0 bridgehead atoms. The molecule has 1 saturated heterocycles. The molecule has 0 aliphatic carbocycles. The van der Waals surface area contributed by atoms with Crippen LogP contribution < -0.4 is 5.32 Å². The van der Waals surface area contributed by atoms with E-state index in [0.29, 0.717) is 6.04 Å². The van der Waals surface area contributed by atoms with Crippen LogP contribution >= 0.6 is 0 Å². The monoisotopic (exact) mass is 216 g/mol. The van der Waals surface area contributed by atoms with Crippen molar-refractivity contribution in [2.45, 2.75) is 31.7 Å². The van der Waals surface area contributed by atoms with E-state index in [9.17, 15) is 0 Å². The summed E-state index contributed by atoms with van der Waals surface area (Å²) in [5.41, 5.74) is 0. The van der Waals surface area contributed by atoms with Gasteiger partial charge in [0.05, 0.1) is 6.61 Å². The Morgan fingerprint density at radius 1 is 1.00 bits per heavy atom. The molecule has 0 aromatic rings. The van der Waals surface area contributed by atoms with E-state index in [2.05, 4.69) is 10.2 Å². The lowest BCUT2D eigenvalue weighted by Crippen LogP contribution is -2.44. The van der Waals surface area contributed by atoms with Gasteiger partial charge in [-0.05, 0) is 45.3 Å². The van der Waals surface area contributed by atoms with Crippen molar-refractivity contribution in [1.82, 2.24) is 10.2 Å².